The standard InChI is InChI=1S/C9H9IN2/c1-6-2-3-9(10)8(5-12)7(6)4-11/h2-3H,5,12H2,1H3. The second-order valence-corrected chi connectivity index (χ2v) is 3.70. The van der Waals surface area contributed by atoms with Crippen molar-refractivity contribution < 1.29 is 0 Å². The molecule has 1 rings (SSSR count). The lowest BCUT2D eigenvalue weighted by Crippen LogP contribution is -2.03. The number of nitrogens with two attached hydrogens (primary N) is 1. The summed E-state index contributed by atoms with van der Waals surface area (Å²) in [4.78, 5) is 0. The number of hydrogen-bond acceptors (Lipinski definition) is 2. The predicted octanol–water partition coefficient (Wildman–Crippen LogP) is 1.93. The van der Waals surface area contributed by atoms with Crippen molar-refractivity contribution in [1.29, 1.82) is 5.26 Å². The molecule has 0 heterocycles. The van der Waals surface area contributed by atoms with Gasteiger partial charge >= 0.3 is 0 Å². The van der Waals surface area contributed by atoms with Crippen molar-refractivity contribution in [2.75, 3.05) is 0 Å². The molecule has 0 fully saturated rings. The minimum Gasteiger partial charge on any atom is -0.326 e. The molecule has 2 N–H and O–H groups in total. The van der Waals surface area contributed by atoms with E-state index in [1.54, 1.807) is 0 Å². The molecule has 0 amide bonds. The van der Waals surface area contributed by atoms with Crippen LogP contribution in [-0.4, -0.2) is 0 Å². The Bertz CT molecular complexity index is 339. The number of nitrogens with zero attached hydrogens (tertiary/aromatic N) is 1. The van der Waals surface area contributed by atoms with Crippen molar-refractivity contribution in [1.82, 2.24) is 0 Å². The van der Waals surface area contributed by atoms with E-state index >= 15 is 0 Å². The van der Waals surface area contributed by atoms with Crippen LogP contribution in [0.2, 0.25) is 0 Å². The van der Waals surface area contributed by atoms with E-state index in [4.69, 9.17) is 11.0 Å². The van der Waals surface area contributed by atoms with Crippen LogP contribution in [0.3, 0.4) is 0 Å². The maximum atomic E-state index is 8.85. The van der Waals surface area contributed by atoms with Crippen LogP contribution in [0.15, 0.2) is 12.1 Å². The van der Waals surface area contributed by atoms with Gasteiger partial charge in [-0.2, -0.15) is 5.26 Å². The summed E-state index contributed by atoms with van der Waals surface area (Å²) in [5.74, 6) is 0. The van der Waals surface area contributed by atoms with Gasteiger partial charge in [0.2, 0.25) is 0 Å². The van der Waals surface area contributed by atoms with Crippen LogP contribution in [0.25, 0.3) is 0 Å². The second-order valence-electron chi connectivity index (χ2n) is 2.53. The Kier molecular flexibility index (Phi) is 3.06. The van der Waals surface area contributed by atoms with Gasteiger partial charge in [0.1, 0.15) is 0 Å². The van der Waals surface area contributed by atoms with Crippen LogP contribution in [0, 0.1) is 21.8 Å². The van der Waals surface area contributed by atoms with Crippen LogP contribution < -0.4 is 5.73 Å². The van der Waals surface area contributed by atoms with Crippen molar-refractivity contribution in [2.45, 2.75) is 13.5 Å². The Hall–Kier alpha value is -0.600. The van der Waals surface area contributed by atoms with Gasteiger partial charge in [0.25, 0.3) is 0 Å². The Balaban J connectivity index is 3.41. The molecule has 1 aromatic rings. The van der Waals surface area contributed by atoms with Gasteiger partial charge in [0, 0.05) is 10.1 Å². The van der Waals surface area contributed by atoms with E-state index in [9.17, 15) is 0 Å². The molecule has 0 aliphatic carbocycles. The van der Waals surface area contributed by atoms with E-state index in [2.05, 4.69) is 28.7 Å². The summed E-state index contributed by atoms with van der Waals surface area (Å²) < 4.78 is 1.07. The smallest absolute Gasteiger partial charge is 0.0998 e. The van der Waals surface area contributed by atoms with Gasteiger partial charge in [-0.1, -0.05) is 6.07 Å². The molecule has 0 aliphatic rings. The van der Waals surface area contributed by atoms with Gasteiger partial charge in [-0.05, 0) is 46.7 Å². The molecule has 0 aromatic heterocycles. The lowest BCUT2D eigenvalue weighted by atomic mass is 10.0. The van der Waals surface area contributed by atoms with E-state index in [0.717, 1.165) is 20.3 Å². The number of aryl methyl sites for hydroxylation is 1. The number of hydrogen-bond donors (Lipinski definition) is 1. The van der Waals surface area contributed by atoms with Crippen molar-refractivity contribution in [2.24, 2.45) is 5.73 Å². The van der Waals surface area contributed by atoms with Gasteiger partial charge in [0.05, 0.1) is 11.6 Å². The topological polar surface area (TPSA) is 49.8 Å². The van der Waals surface area contributed by atoms with E-state index in [0.29, 0.717) is 6.54 Å². The maximum absolute atomic E-state index is 8.85. The fourth-order valence-corrected chi connectivity index (χ4v) is 1.76. The summed E-state index contributed by atoms with van der Waals surface area (Å²) in [5.41, 5.74) is 8.22. The summed E-state index contributed by atoms with van der Waals surface area (Å²) in [6.45, 7) is 2.36. The monoisotopic (exact) mass is 272 g/mol. The molecule has 62 valence electrons. The summed E-state index contributed by atoms with van der Waals surface area (Å²) in [7, 11) is 0. The van der Waals surface area contributed by atoms with Crippen molar-refractivity contribution in [3.05, 3.63) is 32.4 Å². The lowest BCUT2D eigenvalue weighted by molar-refractivity contribution is 1.04. The highest BCUT2D eigenvalue weighted by Gasteiger charge is 2.06. The molecule has 1 aromatic carbocycles. The van der Waals surface area contributed by atoms with Crippen molar-refractivity contribution in [3.8, 4) is 6.07 Å². The third-order valence-corrected chi connectivity index (χ3v) is 2.79. The maximum Gasteiger partial charge on any atom is 0.0998 e. The van der Waals surface area contributed by atoms with Gasteiger partial charge in [-0.25, -0.2) is 0 Å². The average Bonchev–Trinajstić information content (AvgIpc) is 2.08. The highest BCUT2D eigenvalue weighted by molar-refractivity contribution is 14.1. The van der Waals surface area contributed by atoms with Crippen molar-refractivity contribution >= 4 is 22.6 Å². The molecule has 12 heavy (non-hydrogen) atoms. The van der Waals surface area contributed by atoms with Crippen LogP contribution in [0.5, 0.6) is 0 Å². The van der Waals surface area contributed by atoms with Crippen molar-refractivity contribution in [3.63, 3.8) is 0 Å². The van der Waals surface area contributed by atoms with Gasteiger partial charge < -0.3 is 5.73 Å². The third-order valence-electron chi connectivity index (χ3n) is 1.78. The molecule has 0 unspecified atom stereocenters. The quantitative estimate of drug-likeness (QED) is 0.794. The first-order chi connectivity index (χ1) is 5.70. The Morgan fingerprint density at radius 1 is 1.58 bits per heavy atom. The molecule has 3 heteroatoms. The third kappa shape index (κ3) is 1.59. The largest absolute Gasteiger partial charge is 0.326 e. The van der Waals surface area contributed by atoms with Gasteiger partial charge in [-0.15, -0.1) is 0 Å². The molecule has 2 nitrogen and oxygen atoms in total. The Morgan fingerprint density at radius 2 is 2.25 bits per heavy atom. The zero-order chi connectivity index (χ0) is 9.14. The molecule has 0 spiro atoms. The van der Waals surface area contributed by atoms with Gasteiger partial charge in [0.15, 0.2) is 0 Å². The van der Waals surface area contributed by atoms with E-state index < -0.39 is 0 Å². The summed E-state index contributed by atoms with van der Waals surface area (Å²) in [6.07, 6.45) is 0. The first-order valence-corrected chi connectivity index (χ1v) is 4.66. The van der Waals surface area contributed by atoms with Crippen LogP contribution in [-0.2, 0) is 6.54 Å². The molecule has 0 radical (unpaired) electrons. The molecular weight excluding hydrogens is 263 g/mol. The molecule has 0 atom stereocenters. The minimum absolute atomic E-state index is 0.433. The first-order valence-electron chi connectivity index (χ1n) is 3.59. The Labute approximate surface area is 85.5 Å². The zero-order valence-electron chi connectivity index (χ0n) is 6.76. The normalized spacial score (nSPS) is 9.50. The zero-order valence-corrected chi connectivity index (χ0v) is 8.92. The summed E-state index contributed by atoms with van der Waals surface area (Å²) >= 11 is 2.19. The fraction of sp³-hybridized carbons (Fsp3) is 0.222. The summed E-state index contributed by atoms with van der Waals surface area (Å²) in [6, 6.07) is 6.10. The second kappa shape index (κ2) is 3.87. The molecular formula is C9H9IN2. The molecule has 0 saturated carbocycles. The molecule has 0 aliphatic heterocycles. The fourth-order valence-electron chi connectivity index (χ4n) is 1.09. The molecule has 0 bridgehead atoms. The average molecular weight is 272 g/mol. The predicted molar refractivity (Wildman–Crippen MR) is 56.5 cm³/mol. The number of halogens is 1. The number of rotatable bonds is 1. The Morgan fingerprint density at radius 3 is 2.67 bits per heavy atom. The van der Waals surface area contributed by atoms with E-state index in [-0.39, 0.29) is 0 Å². The van der Waals surface area contributed by atoms with Crippen LogP contribution in [0.1, 0.15) is 16.7 Å². The molecule has 0 saturated heterocycles. The highest BCUT2D eigenvalue weighted by atomic mass is 127. The SMILES string of the molecule is Cc1ccc(I)c(CN)c1C#N. The number of nitriles is 1. The minimum atomic E-state index is 0.433. The number of benzene rings is 1. The van der Waals surface area contributed by atoms with E-state index in [1.165, 1.54) is 0 Å². The van der Waals surface area contributed by atoms with Crippen LogP contribution >= 0.6 is 22.6 Å². The first kappa shape index (κ1) is 9.49. The summed E-state index contributed by atoms with van der Waals surface area (Å²) in [5, 5.41) is 8.85. The van der Waals surface area contributed by atoms with Gasteiger partial charge in [-0.3, -0.25) is 0 Å². The van der Waals surface area contributed by atoms with E-state index in [1.807, 2.05) is 19.1 Å². The lowest BCUT2D eigenvalue weighted by Gasteiger charge is -2.05. The van der Waals surface area contributed by atoms with Crippen LogP contribution in [0.4, 0.5) is 0 Å². The highest BCUT2D eigenvalue weighted by Crippen LogP contribution is 2.19.